The van der Waals surface area contributed by atoms with E-state index in [9.17, 15) is 13.2 Å². The van der Waals surface area contributed by atoms with E-state index in [1.165, 1.54) is 7.05 Å². The van der Waals surface area contributed by atoms with Gasteiger partial charge in [0.2, 0.25) is 15.9 Å². The number of hydrogen-bond donors (Lipinski definition) is 2. The zero-order chi connectivity index (χ0) is 19.7. The number of carbonyl (C=O) groups excluding carboxylic acids is 1. The Kier molecular flexibility index (Phi) is 10.2. The van der Waals surface area contributed by atoms with E-state index in [-0.39, 0.29) is 23.2 Å². The number of aryl methyl sites for hydroxylation is 1. The van der Waals surface area contributed by atoms with Gasteiger partial charge in [-0.3, -0.25) is 4.79 Å². The Labute approximate surface area is 173 Å². The molecule has 0 radical (unpaired) electrons. The highest BCUT2D eigenvalue weighted by Gasteiger charge is 2.14. The molecule has 0 heterocycles. The van der Waals surface area contributed by atoms with Crippen LogP contribution in [-0.4, -0.2) is 39.4 Å². The van der Waals surface area contributed by atoms with Crippen LogP contribution >= 0.6 is 12.4 Å². The molecule has 2 aromatic carbocycles. The summed E-state index contributed by atoms with van der Waals surface area (Å²) < 4.78 is 25.8. The maximum atomic E-state index is 12.7. The summed E-state index contributed by atoms with van der Waals surface area (Å²) in [6, 6.07) is 16.5. The van der Waals surface area contributed by atoms with E-state index >= 15 is 0 Å². The largest absolute Gasteiger partial charge is 0.338 e. The quantitative estimate of drug-likeness (QED) is 0.611. The molecule has 0 aliphatic rings. The number of carbonyl (C=O) groups is 1. The van der Waals surface area contributed by atoms with Gasteiger partial charge in [0, 0.05) is 19.5 Å². The van der Waals surface area contributed by atoms with Crippen molar-refractivity contribution in [2.24, 2.45) is 5.73 Å². The first kappa shape index (κ1) is 24.1. The van der Waals surface area contributed by atoms with Gasteiger partial charge < -0.3 is 10.6 Å². The highest BCUT2D eigenvalue weighted by molar-refractivity contribution is 7.89. The van der Waals surface area contributed by atoms with Gasteiger partial charge in [-0.1, -0.05) is 42.5 Å². The monoisotopic (exact) mass is 425 g/mol. The molecule has 0 fully saturated rings. The number of nitrogens with one attached hydrogen (secondary N) is 1. The normalized spacial score (nSPS) is 10.9. The van der Waals surface area contributed by atoms with Crippen molar-refractivity contribution in [2.75, 3.05) is 20.1 Å². The van der Waals surface area contributed by atoms with Gasteiger partial charge in [0.1, 0.15) is 0 Å². The second kappa shape index (κ2) is 11.8. The number of amides is 1. The second-order valence-corrected chi connectivity index (χ2v) is 8.18. The number of rotatable bonds is 10. The molecular weight excluding hydrogens is 398 g/mol. The van der Waals surface area contributed by atoms with Crippen LogP contribution in [0.5, 0.6) is 0 Å². The molecule has 0 aliphatic carbocycles. The lowest BCUT2D eigenvalue weighted by Gasteiger charge is -2.23. The first-order valence-corrected chi connectivity index (χ1v) is 10.5. The Morgan fingerprint density at radius 2 is 1.68 bits per heavy atom. The van der Waals surface area contributed by atoms with Gasteiger partial charge in [-0.15, -0.1) is 12.4 Å². The molecule has 0 bridgehead atoms. The summed E-state index contributed by atoms with van der Waals surface area (Å²) in [6.07, 6.45) is 1.69. The van der Waals surface area contributed by atoms with E-state index in [1.54, 1.807) is 24.3 Å². The van der Waals surface area contributed by atoms with Crippen LogP contribution in [0.1, 0.15) is 24.0 Å². The number of sulfonamides is 1. The third-order valence-electron chi connectivity index (χ3n) is 4.33. The summed E-state index contributed by atoms with van der Waals surface area (Å²) in [4.78, 5) is 14.7. The van der Waals surface area contributed by atoms with Crippen molar-refractivity contribution in [3.05, 3.63) is 65.7 Å². The van der Waals surface area contributed by atoms with Gasteiger partial charge in [-0.2, -0.15) is 0 Å². The van der Waals surface area contributed by atoms with Crippen molar-refractivity contribution in [1.29, 1.82) is 0 Å². The van der Waals surface area contributed by atoms with E-state index < -0.39 is 10.0 Å². The van der Waals surface area contributed by atoms with E-state index in [1.807, 2.05) is 35.2 Å². The van der Waals surface area contributed by atoms with Gasteiger partial charge in [0.05, 0.1) is 4.90 Å². The first-order valence-electron chi connectivity index (χ1n) is 9.00. The second-order valence-electron chi connectivity index (χ2n) is 6.29. The number of nitrogens with zero attached hydrogens (tertiary/aromatic N) is 1. The molecule has 0 saturated heterocycles. The minimum atomic E-state index is -3.44. The maximum Gasteiger partial charge on any atom is 0.240 e. The Hall–Kier alpha value is -1.93. The lowest BCUT2D eigenvalue weighted by Crippen LogP contribution is -2.32. The molecule has 2 aromatic rings. The van der Waals surface area contributed by atoms with Crippen molar-refractivity contribution in [3.63, 3.8) is 0 Å². The number of nitrogens with two attached hydrogens (primary N) is 1. The molecule has 154 valence electrons. The van der Waals surface area contributed by atoms with Crippen molar-refractivity contribution in [2.45, 2.75) is 30.7 Å². The predicted molar refractivity (Wildman–Crippen MR) is 114 cm³/mol. The van der Waals surface area contributed by atoms with Crippen molar-refractivity contribution < 1.29 is 13.2 Å². The van der Waals surface area contributed by atoms with E-state index in [0.717, 1.165) is 17.5 Å². The van der Waals surface area contributed by atoms with Gasteiger partial charge in [-0.05, 0) is 49.7 Å². The van der Waals surface area contributed by atoms with Crippen molar-refractivity contribution >= 4 is 28.3 Å². The highest BCUT2D eigenvalue weighted by atomic mass is 35.5. The van der Waals surface area contributed by atoms with E-state index in [0.29, 0.717) is 32.5 Å². The van der Waals surface area contributed by atoms with Gasteiger partial charge in [-0.25, -0.2) is 13.1 Å². The smallest absolute Gasteiger partial charge is 0.240 e. The molecule has 0 aromatic heterocycles. The van der Waals surface area contributed by atoms with E-state index in [4.69, 9.17) is 5.73 Å². The van der Waals surface area contributed by atoms with Crippen LogP contribution < -0.4 is 10.5 Å². The fourth-order valence-electron chi connectivity index (χ4n) is 2.74. The van der Waals surface area contributed by atoms with Crippen LogP contribution in [-0.2, 0) is 27.8 Å². The van der Waals surface area contributed by atoms with Gasteiger partial charge in [0.15, 0.2) is 0 Å². The molecule has 1 amide bonds. The molecule has 3 N–H and O–H groups in total. The summed E-state index contributed by atoms with van der Waals surface area (Å²) in [7, 11) is -2.06. The SMILES string of the molecule is CNS(=O)(=O)c1ccc(CCC(=O)N(CCCN)Cc2ccccc2)cc1.Cl. The number of benzene rings is 2. The Morgan fingerprint density at radius 1 is 1.04 bits per heavy atom. The van der Waals surface area contributed by atoms with Crippen LogP contribution in [0.25, 0.3) is 0 Å². The summed E-state index contributed by atoms with van der Waals surface area (Å²) in [5.74, 6) is 0.0687. The molecule has 8 heteroatoms. The van der Waals surface area contributed by atoms with Crippen LogP contribution in [0.4, 0.5) is 0 Å². The van der Waals surface area contributed by atoms with Crippen molar-refractivity contribution in [3.8, 4) is 0 Å². The molecule has 0 spiro atoms. The molecule has 0 atom stereocenters. The molecule has 6 nitrogen and oxygen atoms in total. The molecule has 28 heavy (non-hydrogen) atoms. The zero-order valence-corrected chi connectivity index (χ0v) is 17.6. The summed E-state index contributed by atoms with van der Waals surface area (Å²) in [5.41, 5.74) is 7.62. The number of halogens is 1. The van der Waals surface area contributed by atoms with E-state index in [2.05, 4.69) is 4.72 Å². The topological polar surface area (TPSA) is 92.5 Å². The standard InChI is InChI=1S/C20H27N3O3S.ClH/c1-22-27(25,26)19-11-8-17(9-12-19)10-13-20(24)23(15-5-14-21)16-18-6-3-2-4-7-18;/h2-4,6-9,11-12,22H,5,10,13-16,21H2,1H3;1H. The fraction of sp³-hybridized carbons (Fsp3) is 0.350. The third kappa shape index (κ3) is 7.24. The highest BCUT2D eigenvalue weighted by Crippen LogP contribution is 2.13. The van der Waals surface area contributed by atoms with Crippen LogP contribution in [0.2, 0.25) is 0 Å². The van der Waals surface area contributed by atoms with Crippen LogP contribution in [0.3, 0.4) is 0 Å². The fourth-order valence-corrected chi connectivity index (χ4v) is 3.47. The molecule has 0 aliphatic heterocycles. The summed E-state index contributed by atoms with van der Waals surface area (Å²) >= 11 is 0. The predicted octanol–water partition coefficient (Wildman–Crippen LogP) is 2.33. The van der Waals surface area contributed by atoms with Crippen molar-refractivity contribution in [1.82, 2.24) is 9.62 Å². The number of hydrogen-bond acceptors (Lipinski definition) is 4. The molecular formula is C20H28ClN3O3S. The summed E-state index contributed by atoms with van der Waals surface area (Å²) in [5, 5.41) is 0. The average molecular weight is 426 g/mol. The molecule has 0 unspecified atom stereocenters. The maximum absolute atomic E-state index is 12.7. The van der Waals surface area contributed by atoms with Gasteiger partial charge in [0.25, 0.3) is 0 Å². The minimum absolute atomic E-state index is 0. The Balaban J connectivity index is 0.00000392. The Morgan fingerprint density at radius 3 is 2.25 bits per heavy atom. The molecule has 0 saturated carbocycles. The van der Waals surface area contributed by atoms with Gasteiger partial charge >= 0.3 is 0 Å². The zero-order valence-electron chi connectivity index (χ0n) is 16.0. The minimum Gasteiger partial charge on any atom is -0.338 e. The first-order chi connectivity index (χ1) is 13.0. The van der Waals surface area contributed by atoms with Crippen LogP contribution in [0.15, 0.2) is 59.5 Å². The lowest BCUT2D eigenvalue weighted by atomic mass is 10.1. The lowest BCUT2D eigenvalue weighted by molar-refractivity contribution is -0.131. The molecule has 2 rings (SSSR count). The third-order valence-corrected chi connectivity index (χ3v) is 5.76. The van der Waals surface area contributed by atoms with Crippen LogP contribution in [0, 0.1) is 0 Å². The Bertz CT molecular complexity index is 828. The summed E-state index contributed by atoms with van der Waals surface area (Å²) in [6.45, 7) is 1.74. The average Bonchev–Trinajstić information content (AvgIpc) is 2.70.